The number of hydrogen-bond acceptors (Lipinski definition) is 6. The summed E-state index contributed by atoms with van der Waals surface area (Å²) < 4.78 is 12.0. The van der Waals surface area contributed by atoms with Crippen LogP contribution in [0.15, 0.2) is 29.2 Å². The molecule has 19 heavy (non-hydrogen) atoms. The van der Waals surface area contributed by atoms with E-state index in [2.05, 4.69) is 5.10 Å². The molecule has 3 aliphatic rings. The number of guanidine groups is 1. The summed E-state index contributed by atoms with van der Waals surface area (Å²) in [7, 11) is -0.545. The molecule has 0 amide bonds. The average molecular weight is 262 g/mol. The van der Waals surface area contributed by atoms with Crippen molar-refractivity contribution in [2.45, 2.75) is 38.9 Å². The van der Waals surface area contributed by atoms with E-state index < -0.39 is 18.5 Å². The highest BCUT2D eigenvalue weighted by Crippen LogP contribution is 2.39. The van der Waals surface area contributed by atoms with Crippen molar-refractivity contribution in [1.29, 1.82) is 0 Å². The van der Waals surface area contributed by atoms with Gasteiger partial charge in [0.25, 0.3) is 0 Å². The Morgan fingerprint density at radius 2 is 1.89 bits per heavy atom. The molecule has 0 saturated carbocycles. The van der Waals surface area contributed by atoms with E-state index in [0.29, 0.717) is 12.5 Å². The molecule has 7 heteroatoms. The van der Waals surface area contributed by atoms with Crippen molar-refractivity contribution in [3.63, 3.8) is 0 Å². The molecule has 0 aromatic carbocycles. The van der Waals surface area contributed by atoms with Gasteiger partial charge in [0.2, 0.25) is 5.96 Å². The minimum atomic E-state index is -0.545. The number of allylic oxidation sites excluding steroid dienone is 2. The first kappa shape index (κ1) is 12.6. The molecule has 6 nitrogen and oxygen atoms in total. The van der Waals surface area contributed by atoms with Crippen molar-refractivity contribution in [2.24, 2.45) is 10.8 Å². The molecule has 0 unspecified atom stereocenters. The first-order valence-electron chi connectivity index (χ1n) is 6.45. The van der Waals surface area contributed by atoms with Crippen molar-refractivity contribution in [3.05, 3.63) is 24.0 Å². The lowest BCUT2D eigenvalue weighted by atomic mass is 9.90. The topological polar surface area (TPSA) is 63.3 Å². The SMILES string of the molecule is CC1(C)OB(N2C3=CC=CCN3N=C2N)OC1(C)C. The predicted molar refractivity (Wildman–Crippen MR) is 73.5 cm³/mol. The molecule has 0 bridgehead atoms. The van der Waals surface area contributed by atoms with Gasteiger partial charge in [-0.05, 0) is 33.8 Å². The van der Waals surface area contributed by atoms with Gasteiger partial charge in [-0.15, -0.1) is 5.10 Å². The van der Waals surface area contributed by atoms with Crippen molar-refractivity contribution < 1.29 is 9.31 Å². The number of nitrogens with two attached hydrogens (primary N) is 1. The lowest BCUT2D eigenvalue weighted by Gasteiger charge is -2.32. The predicted octanol–water partition coefficient (Wildman–Crippen LogP) is 0.834. The number of hydrazone groups is 1. The fraction of sp³-hybridized carbons (Fsp3) is 0.583. The molecule has 102 valence electrons. The van der Waals surface area contributed by atoms with Crippen molar-refractivity contribution >= 4 is 13.2 Å². The molecule has 0 atom stereocenters. The lowest BCUT2D eigenvalue weighted by Crippen LogP contribution is -2.47. The molecule has 0 aromatic rings. The van der Waals surface area contributed by atoms with Crippen molar-refractivity contribution in [3.8, 4) is 0 Å². The number of nitrogens with zero attached hydrogens (tertiary/aromatic N) is 3. The summed E-state index contributed by atoms with van der Waals surface area (Å²) in [5.74, 6) is 1.28. The summed E-state index contributed by atoms with van der Waals surface area (Å²) in [6, 6.07) is 0. The quantitative estimate of drug-likeness (QED) is 0.709. The number of hydrogen-bond donors (Lipinski definition) is 1. The smallest absolute Gasteiger partial charge is 0.384 e. The van der Waals surface area contributed by atoms with Crippen molar-refractivity contribution in [1.82, 2.24) is 9.82 Å². The van der Waals surface area contributed by atoms with Gasteiger partial charge in [0.15, 0.2) is 0 Å². The zero-order valence-corrected chi connectivity index (χ0v) is 11.8. The summed E-state index contributed by atoms with van der Waals surface area (Å²) >= 11 is 0. The standard InChI is InChI=1S/C12H19BN4O2/c1-11(2)12(3,4)19-13(18-11)17-9-7-5-6-8-16(9)15-10(17)14/h5-7H,8H2,1-4H3,(H2,14,15). The molecule has 2 N–H and O–H groups in total. The first-order chi connectivity index (χ1) is 8.82. The third kappa shape index (κ3) is 1.76. The zero-order valence-electron chi connectivity index (χ0n) is 11.8. The van der Waals surface area contributed by atoms with Crippen LogP contribution in [-0.2, 0) is 9.31 Å². The van der Waals surface area contributed by atoms with E-state index in [9.17, 15) is 0 Å². The Bertz CT molecular complexity index is 482. The van der Waals surface area contributed by atoms with Crippen LogP contribution in [0.1, 0.15) is 27.7 Å². The monoisotopic (exact) mass is 262 g/mol. The molecule has 1 fully saturated rings. The molecule has 3 aliphatic heterocycles. The van der Waals surface area contributed by atoms with Crippen LogP contribution in [-0.4, -0.2) is 40.8 Å². The van der Waals surface area contributed by atoms with Crippen LogP contribution in [0.3, 0.4) is 0 Å². The molecule has 0 spiro atoms. The molecular formula is C12H19BN4O2. The maximum atomic E-state index is 6.02. The molecular weight excluding hydrogens is 243 g/mol. The fourth-order valence-electron chi connectivity index (χ4n) is 2.21. The largest absolute Gasteiger partial charge is 0.602 e. The highest BCUT2D eigenvalue weighted by Gasteiger charge is 2.56. The highest BCUT2D eigenvalue weighted by molar-refractivity contribution is 6.47. The van der Waals surface area contributed by atoms with Crippen molar-refractivity contribution in [2.75, 3.05) is 6.54 Å². The second kappa shape index (κ2) is 3.77. The minimum Gasteiger partial charge on any atom is -0.384 e. The maximum absolute atomic E-state index is 6.02. The van der Waals surface area contributed by atoms with Crippen LogP contribution in [0, 0.1) is 0 Å². The summed E-state index contributed by atoms with van der Waals surface area (Å²) in [5.41, 5.74) is 5.22. The van der Waals surface area contributed by atoms with Gasteiger partial charge in [-0.2, -0.15) is 0 Å². The number of fused-ring (bicyclic) bond motifs is 1. The lowest BCUT2D eigenvalue weighted by molar-refractivity contribution is 0.00578. The molecule has 0 aliphatic carbocycles. The summed E-state index contributed by atoms with van der Waals surface area (Å²) in [5, 5.41) is 6.14. The molecule has 0 radical (unpaired) electrons. The molecule has 0 aromatic heterocycles. The van der Waals surface area contributed by atoms with Gasteiger partial charge in [0.05, 0.1) is 17.7 Å². The molecule has 3 heterocycles. The van der Waals surface area contributed by atoms with E-state index in [1.165, 1.54) is 0 Å². The fourth-order valence-corrected chi connectivity index (χ4v) is 2.21. The molecule has 3 rings (SSSR count). The van der Waals surface area contributed by atoms with Crippen LogP contribution in [0.5, 0.6) is 0 Å². The zero-order chi connectivity index (χ0) is 13.8. The highest BCUT2D eigenvalue weighted by atomic mass is 16.7. The Morgan fingerprint density at radius 1 is 1.26 bits per heavy atom. The Kier molecular flexibility index (Phi) is 2.49. The van der Waals surface area contributed by atoms with Gasteiger partial charge < -0.3 is 15.0 Å². The summed E-state index contributed by atoms with van der Waals surface area (Å²) in [4.78, 5) is 1.79. The minimum absolute atomic E-state index is 0.392. The van der Waals surface area contributed by atoms with E-state index in [4.69, 9.17) is 15.0 Å². The second-order valence-corrected chi connectivity index (χ2v) is 5.93. The van der Waals surface area contributed by atoms with Gasteiger partial charge in [0, 0.05) is 0 Å². The maximum Gasteiger partial charge on any atom is 0.602 e. The van der Waals surface area contributed by atoms with E-state index in [1.807, 2.05) is 50.9 Å². The summed E-state index contributed by atoms with van der Waals surface area (Å²) in [6.45, 7) is 8.78. The summed E-state index contributed by atoms with van der Waals surface area (Å²) in [6.07, 6.45) is 5.96. The first-order valence-corrected chi connectivity index (χ1v) is 6.45. The molecule has 1 saturated heterocycles. The Morgan fingerprint density at radius 3 is 2.53 bits per heavy atom. The third-order valence-electron chi connectivity index (χ3n) is 4.09. The van der Waals surface area contributed by atoms with Crippen LogP contribution in [0.4, 0.5) is 0 Å². The Labute approximate surface area is 113 Å². The van der Waals surface area contributed by atoms with Crippen LogP contribution >= 0.6 is 0 Å². The van der Waals surface area contributed by atoms with E-state index in [-0.39, 0.29) is 0 Å². The van der Waals surface area contributed by atoms with E-state index in [1.54, 1.807) is 4.81 Å². The van der Waals surface area contributed by atoms with Crippen LogP contribution < -0.4 is 5.73 Å². The van der Waals surface area contributed by atoms with Crippen LogP contribution in [0.25, 0.3) is 0 Å². The van der Waals surface area contributed by atoms with Gasteiger partial charge in [-0.3, -0.25) is 4.81 Å². The normalized spacial score (nSPS) is 27.5. The number of rotatable bonds is 1. The van der Waals surface area contributed by atoms with Crippen LogP contribution in [0.2, 0.25) is 0 Å². The Balaban J connectivity index is 1.90. The second-order valence-electron chi connectivity index (χ2n) is 5.93. The van der Waals surface area contributed by atoms with E-state index in [0.717, 1.165) is 5.82 Å². The van der Waals surface area contributed by atoms with E-state index >= 15 is 0 Å². The van der Waals surface area contributed by atoms with Gasteiger partial charge in [-0.1, -0.05) is 12.2 Å². The average Bonchev–Trinajstić information content (AvgIpc) is 2.72. The van der Waals surface area contributed by atoms with Gasteiger partial charge in [0.1, 0.15) is 5.82 Å². The van der Waals surface area contributed by atoms with Gasteiger partial charge in [-0.25, -0.2) is 5.01 Å². The Hall–Kier alpha value is -1.47. The third-order valence-corrected chi connectivity index (χ3v) is 4.09. The van der Waals surface area contributed by atoms with Gasteiger partial charge >= 0.3 is 7.25 Å².